The summed E-state index contributed by atoms with van der Waals surface area (Å²) in [6.07, 6.45) is 7.35. The zero-order valence-corrected chi connectivity index (χ0v) is 11.1. The minimum atomic E-state index is -0.133. The Morgan fingerprint density at radius 1 is 1.10 bits per heavy atom. The zero-order valence-electron chi connectivity index (χ0n) is 11.1. The van der Waals surface area contributed by atoms with Crippen LogP contribution < -0.4 is 10.2 Å². The first-order chi connectivity index (χ1) is 9.84. The smallest absolute Gasteiger partial charge is 0.259 e. The van der Waals surface area contributed by atoms with Crippen LogP contribution in [0.25, 0.3) is 0 Å². The maximum atomic E-state index is 12.4. The normalized spacial score (nSPS) is 14.3. The predicted octanol–water partition coefficient (Wildman–Crippen LogP) is 2.33. The minimum absolute atomic E-state index is 0.133. The molecule has 1 N–H and O–H groups in total. The van der Waals surface area contributed by atoms with E-state index in [0.717, 1.165) is 37.4 Å². The molecule has 0 spiro atoms. The number of hydrogen-bond donors (Lipinski definition) is 1. The van der Waals surface area contributed by atoms with Crippen LogP contribution in [0.5, 0.6) is 0 Å². The number of anilines is 2. The Labute approximate surface area is 117 Å². The Bertz CT molecular complexity index is 594. The highest BCUT2D eigenvalue weighted by molar-refractivity contribution is 6.07. The van der Waals surface area contributed by atoms with Crippen molar-refractivity contribution in [2.45, 2.75) is 12.8 Å². The molecule has 1 fully saturated rings. The van der Waals surface area contributed by atoms with E-state index in [2.05, 4.69) is 20.2 Å². The molecule has 0 saturated carbocycles. The fourth-order valence-electron chi connectivity index (χ4n) is 2.39. The SMILES string of the molecule is O=C(Nc1ccncc1)c1cccnc1N1CCCC1. The van der Waals surface area contributed by atoms with Gasteiger partial charge in [-0.1, -0.05) is 0 Å². The fourth-order valence-corrected chi connectivity index (χ4v) is 2.39. The van der Waals surface area contributed by atoms with Crippen LogP contribution >= 0.6 is 0 Å². The first kappa shape index (κ1) is 12.6. The second-order valence-corrected chi connectivity index (χ2v) is 4.76. The van der Waals surface area contributed by atoms with E-state index in [1.807, 2.05) is 6.07 Å². The minimum Gasteiger partial charge on any atom is -0.356 e. The third kappa shape index (κ3) is 2.61. The molecule has 102 valence electrons. The summed E-state index contributed by atoms with van der Waals surface area (Å²) in [6, 6.07) is 7.14. The molecule has 0 aliphatic carbocycles. The van der Waals surface area contributed by atoms with Gasteiger partial charge in [0.2, 0.25) is 0 Å². The van der Waals surface area contributed by atoms with E-state index in [4.69, 9.17) is 0 Å². The summed E-state index contributed by atoms with van der Waals surface area (Å²) in [5.41, 5.74) is 1.35. The molecule has 1 aliphatic heterocycles. The summed E-state index contributed by atoms with van der Waals surface area (Å²) in [5, 5.41) is 2.88. The van der Waals surface area contributed by atoms with E-state index in [1.54, 1.807) is 36.8 Å². The van der Waals surface area contributed by atoms with Crippen molar-refractivity contribution in [2.24, 2.45) is 0 Å². The number of rotatable bonds is 3. The van der Waals surface area contributed by atoms with Crippen molar-refractivity contribution in [2.75, 3.05) is 23.3 Å². The van der Waals surface area contributed by atoms with Gasteiger partial charge in [-0.25, -0.2) is 4.98 Å². The van der Waals surface area contributed by atoms with Crippen LogP contribution in [0, 0.1) is 0 Å². The van der Waals surface area contributed by atoms with E-state index >= 15 is 0 Å². The predicted molar refractivity (Wildman–Crippen MR) is 77.9 cm³/mol. The van der Waals surface area contributed by atoms with Crippen molar-refractivity contribution < 1.29 is 4.79 Å². The van der Waals surface area contributed by atoms with Crippen LogP contribution in [0.2, 0.25) is 0 Å². The molecule has 2 aromatic rings. The maximum Gasteiger partial charge on any atom is 0.259 e. The van der Waals surface area contributed by atoms with E-state index in [9.17, 15) is 4.79 Å². The van der Waals surface area contributed by atoms with Crippen LogP contribution in [0.4, 0.5) is 11.5 Å². The van der Waals surface area contributed by atoms with Crippen LogP contribution in [0.3, 0.4) is 0 Å². The Kier molecular flexibility index (Phi) is 3.58. The quantitative estimate of drug-likeness (QED) is 0.928. The highest BCUT2D eigenvalue weighted by Crippen LogP contribution is 2.22. The summed E-state index contributed by atoms with van der Waals surface area (Å²) in [6.45, 7) is 1.93. The summed E-state index contributed by atoms with van der Waals surface area (Å²) < 4.78 is 0. The first-order valence-corrected chi connectivity index (χ1v) is 6.76. The number of aromatic nitrogens is 2. The number of carbonyl (C=O) groups is 1. The van der Waals surface area contributed by atoms with Crippen molar-refractivity contribution in [1.82, 2.24) is 9.97 Å². The Balaban J connectivity index is 1.84. The van der Waals surface area contributed by atoms with Gasteiger partial charge in [-0.2, -0.15) is 0 Å². The molecule has 3 rings (SSSR count). The third-order valence-corrected chi connectivity index (χ3v) is 3.38. The Morgan fingerprint density at radius 3 is 2.60 bits per heavy atom. The second kappa shape index (κ2) is 5.69. The standard InChI is InChI=1S/C15H16N4O/c20-15(18-12-5-8-16-9-6-12)13-4-3-7-17-14(13)19-10-1-2-11-19/h3-9H,1-2,10-11H2,(H,16,18,20). The number of amides is 1. The highest BCUT2D eigenvalue weighted by atomic mass is 16.1. The lowest BCUT2D eigenvalue weighted by Gasteiger charge is -2.19. The van der Waals surface area contributed by atoms with Gasteiger partial charge in [0.25, 0.3) is 5.91 Å². The summed E-state index contributed by atoms with van der Waals surface area (Å²) >= 11 is 0. The van der Waals surface area contributed by atoms with Crippen molar-refractivity contribution in [3.05, 3.63) is 48.4 Å². The third-order valence-electron chi connectivity index (χ3n) is 3.38. The Hall–Kier alpha value is -2.43. The van der Waals surface area contributed by atoms with Gasteiger partial charge in [0.15, 0.2) is 0 Å². The van der Waals surface area contributed by atoms with Crippen molar-refractivity contribution in [3.63, 3.8) is 0 Å². The molecule has 20 heavy (non-hydrogen) atoms. The second-order valence-electron chi connectivity index (χ2n) is 4.76. The number of nitrogens with zero attached hydrogens (tertiary/aromatic N) is 3. The van der Waals surface area contributed by atoms with Gasteiger partial charge in [-0.15, -0.1) is 0 Å². The molecule has 3 heterocycles. The maximum absolute atomic E-state index is 12.4. The molecule has 1 amide bonds. The molecule has 2 aromatic heterocycles. The number of carbonyl (C=O) groups excluding carboxylic acids is 1. The topological polar surface area (TPSA) is 58.1 Å². The molecule has 1 saturated heterocycles. The average Bonchev–Trinajstić information content (AvgIpc) is 3.02. The molecule has 0 unspecified atom stereocenters. The van der Waals surface area contributed by atoms with Crippen LogP contribution in [-0.2, 0) is 0 Å². The van der Waals surface area contributed by atoms with Crippen LogP contribution in [-0.4, -0.2) is 29.0 Å². The Morgan fingerprint density at radius 2 is 1.85 bits per heavy atom. The summed E-state index contributed by atoms with van der Waals surface area (Å²) in [4.78, 5) is 22.9. The van der Waals surface area contributed by atoms with Crippen molar-refractivity contribution >= 4 is 17.4 Å². The molecule has 0 aromatic carbocycles. The molecular formula is C15H16N4O. The van der Waals surface area contributed by atoms with Gasteiger partial charge in [-0.05, 0) is 37.1 Å². The lowest BCUT2D eigenvalue weighted by molar-refractivity contribution is 0.102. The van der Waals surface area contributed by atoms with Crippen LogP contribution in [0.1, 0.15) is 23.2 Å². The summed E-state index contributed by atoms with van der Waals surface area (Å²) in [7, 11) is 0. The number of hydrogen-bond acceptors (Lipinski definition) is 4. The lowest BCUT2D eigenvalue weighted by Crippen LogP contribution is -2.24. The molecular weight excluding hydrogens is 252 g/mol. The molecule has 0 radical (unpaired) electrons. The zero-order chi connectivity index (χ0) is 13.8. The molecule has 0 bridgehead atoms. The van der Waals surface area contributed by atoms with Gasteiger partial charge in [0.1, 0.15) is 5.82 Å². The van der Waals surface area contributed by atoms with E-state index < -0.39 is 0 Å². The van der Waals surface area contributed by atoms with Crippen molar-refractivity contribution in [1.29, 1.82) is 0 Å². The molecule has 0 atom stereocenters. The largest absolute Gasteiger partial charge is 0.356 e. The lowest BCUT2D eigenvalue weighted by atomic mass is 10.2. The first-order valence-electron chi connectivity index (χ1n) is 6.76. The monoisotopic (exact) mass is 268 g/mol. The molecule has 5 heteroatoms. The number of nitrogens with one attached hydrogen (secondary N) is 1. The van der Waals surface area contributed by atoms with Gasteiger partial charge in [0.05, 0.1) is 5.56 Å². The van der Waals surface area contributed by atoms with Gasteiger partial charge in [-0.3, -0.25) is 9.78 Å². The van der Waals surface area contributed by atoms with Gasteiger partial charge < -0.3 is 10.2 Å². The highest BCUT2D eigenvalue weighted by Gasteiger charge is 2.20. The van der Waals surface area contributed by atoms with E-state index in [1.165, 1.54) is 0 Å². The van der Waals surface area contributed by atoms with Gasteiger partial charge >= 0.3 is 0 Å². The average molecular weight is 268 g/mol. The van der Waals surface area contributed by atoms with Crippen LogP contribution in [0.15, 0.2) is 42.9 Å². The van der Waals surface area contributed by atoms with Gasteiger partial charge in [0, 0.05) is 37.4 Å². The molecule has 1 aliphatic rings. The summed E-state index contributed by atoms with van der Waals surface area (Å²) in [5.74, 6) is 0.641. The van der Waals surface area contributed by atoms with Crippen molar-refractivity contribution in [3.8, 4) is 0 Å². The number of pyridine rings is 2. The van der Waals surface area contributed by atoms with E-state index in [0.29, 0.717) is 5.56 Å². The fraction of sp³-hybridized carbons (Fsp3) is 0.267. The van der Waals surface area contributed by atoms with E-state index in [-0.39, 0.29) is 5.91 Å². The molecule has 5 nitrogen and oxygen atoms in total.